The topological polar surface area (TPSA) is 12.5 Å². The molecule has 2 fully saturated rings. The van der Waals surface area contributed by atoms with Crippen molar-refractivity contribution in [2.24, 2.45) is 0 Å². The van der Waals surface area contributed by atoms with Gasteiger partial charge in [0.15, 0.2) is 23.3 Å². The molecule has 1 saturated heterocycles. The molecule has 0 unspecified atom stereocenters. The Labute approximate surface area is 101 Å². The molecule has 4 atom stereocenters. The summed E-state index contributed by atoms with van der Waals surface area (Å²) in [5, 5.41) is 0. The molecule has 0 amide bonds. The predicted molar refractivity (Wildman–Crippen MR) is 54.3 cm³/mol. The van der Waals surface area contributed by atoms with Gasteiger partial charge in [0.05, 0.1) is 11.7 Å². The average molecular weight is 258 g/mol. The Morgan fingerprint density at radius 2 is 1.56 bits per heavy atom. The smallest absolute Gasteiger partial charge is 0.197 e. The van der Waals surface area contributed by atoms with Gasteiger partial charge in [-0.25, -0.2) is 17.6 Å². The van der Waals surface area contributed by atoms with Crippen LogP contribution in [-0.2, 0) is 4.74 Å². The van der Waals surface area contributed by atoms with Gasteiger partial charge < -0.3 is 4.74 Å². The summed E-state index contributed by atoms with van der Waals surface area (Å²) >= 11 is 0. The molecule has 18 heavy (non-hydrogen) atoms. The molecule has 1 aliphatic heterocycles. The molecule has 0 N–H and O–H groups in total. The number of benzene rings is 1. The van der Waals surface area contributed by atoms with Crippen LogP contribution in [0.15, 0.2) is 0 Å². The number of rotatable bonds is 0. The zero-order chi connectivity index (χ0) is 12.8. The van der Waals surface area contributed by atoms with Crippen LogP contribution >= 0.6 is 0 Å². The second-order valence-electron chi connectivity index (χ2n) is 5.54. The average Bonchev–Trinajstić information content (AvgIpc) is 3.08. The van der Waals surface area contributed by atoms with Crippen molar-refractivity contribution in [3.8, 4) is 0 Å². The maximum atomic E-state index is 13.9. The zero-order valence-corrected chi connectivity index (χ0v) is 9.57. The minimum atomic E-state index is -1.71. The van der Waals surface area contributed by atoms with Gasteiger partial charge in [0.25, 0.3) is 0 Å². The van der Waals surface area contributed by atoms with E-state index in [1.165, 1.54) is 0 Å². The van der Waals surface area contributed by atoms with Crippen LogP contribution in [0.3, 0.4) is 0 Å². The van der Waals surface area contributed by atoms with E-state index in [1.54, 1.807) is 0 Å². The molecule has 3 aliphatic carbocycles. The second-order valence-corrected chi connectivity index (χ2v) is 5.54. The van der Waals surface area contributed by atoms with E-state index in [0.29, 0.717) is 12.8 Å². The lowest BCUT2D eigenvalue weighted by molar-refractivity contribution is 0.264. The number of ether oxygens (including phenoxy) is 1. The summed E-state index contributed by atoms with van der Waals surface area (Å²) in [5.74, 6) is -6.61. The Balaban J connectivity index is 2.07. The van der Waals surface area contributed by atoms with Gasteiger partial charge >= 0.3 is 0 Å². The van der Waals surface area contributed by atoms with Crippen molar-refractivity contribution in [3.05, 3.63) is 34.4 Å². The van der Waals surface area contributed by atoms with Crippen LogP contribution in [0, 0.1) is 23.3 Å². The van der Waals surface area contributed by atoms with Crippen molar-refractivity contribution in [1.82, 2.24) is 0 Å². The summed E-state index contributed by atoms with van der Waals surface area (Å²) in [4.78, 5) is 0. The zero-order valence-electron chi connectivity index (χ0n) is 9.57. The Morgan fingerprint density at radius 1 is 0.944 bits per heavy atom. The highest BCUT2D eigenvalue weighted by atomic mass is 19.2. The highest BCUT2D eigenvalue weighted by Gasteiger charge is 2.68. The Bertz CT molecular complexity index is 585. The SMILES string of the molecule is C[C@]12O[C@H]1[C@@H]1CC[C@H]2c2c(F)c(F)c(F)c(F)c21. The minimum absolute atomic E-state index is 0.00102. The molecular weight excluding hydrogens is 248 g/mol. The number of halogens is 4. The predicted octanol–water partition coefficient (Wildman–Crippen LogP) is 3.38. The Kier molecular flexibility index (Phi) is 1.74. The van der Waals surface area contributed by atoms with Gasteiger partial charge in [-0.1, -0.05) is 0 Å². The lowest BCUT2D eigenvalue weighted by Gasteiger charge is -2.39. The van der Waals surface area contributed by atoms with Gasteiger partial charge in [0.2, 0.25) is 0 Å². The third kappa shape index (κ3) is 0.955. The van der Waals surface area contributed by atoms with Gasteiger partial charge in [0.1, 0.15) is 0 Å². The van der Waals surface area contributed by atoms with Crippen LogP contribution in [-0.4, -0.2) is 11.7 Å². The summed E-state index contributed by atoms with van der Waals surface area (Å²) in [6, 6.07) is 0. The fourth-order valence-electron chi connectivity index (χ4n) is 3.88. The maximum Gasteiger partial charge on any atom is 0.197 e. The molecular formula is C13H10F4O. The first-order valence-corrected chi connectivity index (χ1v) is 6.00. The lowest BCUT2D eigenvalue weighted by atomic mass is 9.62. The molecule has 0 aromatic heterocycles. The van der Waals surface area contributed by atoms with Crippen LogP contribution in [0.25, 0.3) is 0 Å². The van der Waals surface area contributed by atoms with E-state index < -0.39 is 28.9 Å². The molecule has 1 saturated carbocycles. The van der Waals surface area contributed by atoms with Crippen molar-refractivity contribution in [1.29, 1.82) is 0 Å². The van der Waals surface area contributed by atoms with Crippen molar-refractivity contribution in [3.63, 3.8) is 0 Å². The molecule has 4 aliphatic rings. The van der Waals surface area contributed by atoms with Crippen LogP contribution < -0.4 is 0 Å². The largest absolute Gasteiger partial charge is 0.365 e. The summed E-state index contributed by atoms with van der Waals surface area (Å²) in [5.41, 5.74) is -0.519. The summed E-state index contributed by atoms with van der Waals surface area (Å²) in [7, 11) is 0. The highest BCUT2D eigenvalue weighted by Crippen LogP contribution is 2.66. The van der Waals surface area contributed by atoms with E-state index in [0.717, 1.165) is 0 Å². The molecule has 5 heteroatoms. The monoisotopic (exact) mass is 258 g/mol. The van der Waals surface area contributed by atoms with Gasteiger partial charge in [-0.15, -0.1) is 0 Å². The van der Waals surface area contributed by atoms with Crippen molar-refractivity contribution < 1.29 is 22.3 Å². The Hall–Kier alpha value is -1.10. The number of hydrogen-bond donors (Lipinski definition) is 0. The fraction of sp³-hybridized carbons (Fsp3) is 0.538. The van der Waals surface area contributed by atoms with E-state index in [4.69, 9.17) is 4.74 Å². The summed E-state index contributed by atoms with van der Waals surface area (Å²) in [6.45, 7) is 1.83. The minimum Gasteiger partial charge on any atom is -0.365 e. The van der Waals surface area contributed by atoms with Crippen LogP contribution in [0.5, 0.6) is 0 Å². The standard InChI is InChI=1S/C13H10F4O/c1-13-5-3-2-4(12(13)18-13)6-7(5)9(15)11(17)10(16)8(6)14/h4-5,12H,2-3H2,1H3/t4-,5+,12+,13-/m1/s1. The second kappa shape index (κ2) is 2.90. The van der Waals surface area contributed by atoms with E-state index in [2.05, 4.69) is 0 Å². The molecule has 0 radical (unpaired) electrons. The molecule has 1 nitrogen and oxygen atoms in total. The molecule has 5 rings (SSSR count). The quantitative estimate of drug-likeness (QED) is 0.301. The molecule has 1 heterocycles. The first-order chi connectivity index (χ1) is 8.47. The first-order valence-electron chi connectivity index (χ1n) is 6.00. The molecule has 96 valence electrons. The van der Waals surface area contributed by atoms with E-state index >= 15 is 0 Å². The summed E-state index contributed by atoms with van der Waals surface area (Å²) in [6.07, 6.45) is 1.09. The third-order valence-electron chi connectivity index (χ3n) is 4.77. The van der Waals surface area contributed by atoms with Crippen molar-refractivity contribution in [2.45, 2.75) is 43.3 Å². The Morgan fingerprint density at radius 3 is 2.22 bits per heavy atom. The molecule has 0 spiro atoms. The number of fused-ring (bicyclic) bond motifs is 1. The van der Waals surface area contributed by atoms with Crippen LogP contribution in [0.1, 0.15) is 42.7 Å². The molecule has 1 aromatic rings. The number of epoxide rings is 1. The first kappa shape index (κ1) is 10.8. The molecule has 1 aromatic carbocycles. The van der Waals surface area contributed by atoms with Gasteiger partial charge in [-0.2, -0.15) is 0 Å². The normalized spacial score (nSPS) is 39.5. The van der Waals surface area contributed by atoms with Crippen LogP contribution in [0.4, 0.5) is 17.6 Å². The van der Waals surface area contributed by atoms with Crippen LogP contribution in [0.2, 0.25) is 0 Å². The van der Waals surface area contributed by atoms with E-state index in [-0.39, 0.29) is 29.1 Å². The lowest BCUT2D eigenvalue weighted by Crippen LogP contribution is -2.38. The van der Waals surface area contributed by atoms with Crippen molar-refractivity contribution >= 4 is 0 Å². The third-order valence-corrected chi connectivity index (χ3v) is 4.77. The van der Waals surface area contributed by atoms with Gasteiger partial charge in [-0.3, -0.25) is 0 Å². The fourth-order valence-corrected chi connectivity index (χ4v) is 3.88. The summed E-state index contributed by atoms with van der Waals surface area (Å²) < 4.78 is 60.0. The van der Waals surface area contributed by atoms with Crippen molar-refractivity contribution in [2.75, 3.05) is 0 Å². The van der Waals surface area contributed by atoms with E-state index in [9.17, 15) is 17.6 Å². The van der Waals surface area contributed by atoms with E-state index in [1.807, 2.05) is 6.92 Å². The molecule has 2 bridgehead atoms. The number of hydrogen-bond acceptors (Lipinski definition) is 1. The van der Waals surface area contributed by atoms with Gasteiger partial charge in [-0.05, 0) is 19.8 Å². The maximum absolute atomic E-state index is 13.9. The highest BCUT2D eigenvalue weighted by molar-refractivity contribution is 5.48. The van der Waals surface area contributed by atoms with Gasteiger partial charge in [0, 0.05) is 23.0 Å².